The zero-order valence-electron chi connectivity index (χ0n) is 26.3. The lowest BCUT2D eigenvalue weighted by Gasteiger charge is -2.37. The molecule has 1 aromatic carbocycles. The van der Waals surface area contributed by atoms with Crippen LogP contribution >= 0.6 is 11.6 Å². The standard InChI is InChI=1S/C30H37ClF3N9O4S/c1-19-15-25-22(27(31)39-43(25)23-3-4-26(44)38-28(23)45)16-24(19)41-12-10-40(11-13-41)7-2-14-48(46,47)42-8-5-21(6-9-42)37-29-35-17-20(18-36-29)30(32,33)34/h15-18,21,23H,2-14H2,1H3,(H,35,36,37)(H,38,44,45). The van der Waals surface area contributed by atoms with Crippen molar-refractivity contribution in [3.63, 3.8) is 0 Å². The predicted octanol–water partition coefficient (Wildman–Crippen LogP) is 3.20. The van der Waals surface area contributed by atoms with Crippen molar-refractivity contribution >= 4 is 56.0 Å². The van der Waals surface area contributed by atoms with Gasteiger partial charge in [-0.3, -0.25) is 24.5 Å². The minimum Gasteiger partial charge on any atom is -0.369 e. The van der Waals surface area contributed by atoms with Gasteiger partial charge >= 0.3 is 6.18 Å². The van der Waals surface area contributed by atoms with E-state index in [0.717, 1.165) is 60.7 Å². The molecule has 0 spiro atoms. The van der Waals surface area contributed by atoms with E-state index < -0.39 is 27.8 Å². The highest BCUT2D eigenvalue weighted by atomic mass is 35.5. The third-order valence-electron chi connectivity index (χ3n) is 9.23. The summed E-state index contributed by atoms with van der Waals surface area (Å²) in [5, 5.41) is 10.9. The van der Waals surface area contributed by atoms with Gasteiger partial charge in [0.2, 0.25) is 21.9 Å². The highest BCUT2D eigenvalue weighted by molar-refractivity contribution is 7.89. The number of hydrogen-bond donors (Lipinski definition) is 2. The van der Waals surface area contributed by atoms with Crippen LogP contribution in [-0.4, -0.2) is 107 Å². The number of halogens is 4. The number of piperidine rings is 2. The number of amides is 2. The van der Waals surface area contributed by atoms with E-state index in [1.54, 1.807) is 4.68 Å². The van der Waals surface area contributed by atoms with E-state index in [-0.39, 0.29) is 36.0 Å². The number of benzene rings is 1. The van der Waals surface area contributed by atoms with E-state index in [1.165, 1.54) is 4.31 Å². The Morgan fingerprint density at radius 1 is 1.02 bits per heavy atom. The van der Waals surface area contributed by atoms with E-state index in [1.807, 2.05) is 19.1 Å². The fourth-order valence-corrected chi connectivity index (χ4v) is 8.31. The lowest BCUT2D eigenvalue weighted by Crippen LogP contribution is -2.47. The Morgan fingerprint density at radius 3 is 2.35 bits per heavy atom. The van der Waals surface area contributed by atoms with Gasteiger partial charge in [-0.15, -0.1) is 0 Å². The molecule has 0 bridgehead atoms. The molecule has 0 radical (unpaired) electrons. The van der Waals surface area contributed by atoms with Gasteiger partial charge in [0.25, 0.3) is 5.91 Å². The lowest BCUT2D eigenvalue weighted by atomic mass is 10.1. The summed E-state index contributed by atoms with van der Waals surface area (Å²) < 4.78 is 67.5. The minimum atomic E-state index is -4.51. The molecule has 1 unspecified atom stereocenters. The minimum absolute atomic E-state index is 0.0404. The van der Waals surface area contributed by atoms with Crippen LogP contribution in [0.2, 0.25) is 5.15 Å². The summed E-state index contributed by atoms with van der Waals surface area (Å²) in [5.41, 5.74) is 1.85. The quantitative estimate of drug-likeness (QED) is 0.318. The van der Waals surface area contributed by atoms with Crippen molar-refractivity contribution in [3.05, 3.63) is 40.8 Å². The van der Waals surface area contributed by atoms with E-state index in [2.05, 4.69) is 35.5 Å². The van der Waals surface area contributed by atoms with Gasteiger partial charge in [0.05, 0.1) is 16.8 Å². The van der Waals surface area contributed by atoms with Gasteiger partial charge in [0, 0.05) is 75.2 Å². The third kappa shape index (κ3) is 7.53. The van der Waals surface area contributed by atoms with Crippen LogP contribution in [-0.2, 0) is 25.8 Å². The maximum atomic E-state index is 13.1. The van der Waals surface area contributed by atoms with Gasteiger partial charge < -0.3 is 10.2 Å². The Hall–Kier alpha value is -3.54. The van der Waals surface area contributed by atoms with Gasteiger partial charge in [-0.1, -0.05) is 11.6 Å². The highest BCUT2D eigenvalue weighted by Crippen LogP contribution is 2.34. The van der Waals surface area contributed by atoms with Crippen molar-refractivity contribution in [1.82, 2.24) is 34.3 Å². The van der Waals surface area contributed by atoms with Gasteiger partial charge in [0.15, 0.2) is 5.15 Å². The number of carbonyl (C=O) groups excluding carboxylic acids is 2. The summed E-state index contributed by atoms with van der Waals surface area (Å²) in [6, 6.07) is 3.24. The average molecular weight is 712 g/mol. The molecule has 3 aliphatic rings. The molecule has 3 saturated heterocycles. The molecular weight excluding hydrogens is 675 g/mol. The fraction of sp³-hybridized carbons (Fsp3) is 0.567. The molecule has 1 atom stereocenters. The van der Waals surface area contributed by atoms with Crippen LogP contribution in [0.4, 0.5) is 24.8 Å². The number of nitrogens with one attached hydrogen (secondary N) is 2. The lowest BCUT2D eigenvalue weighted by molar-refractivity contribution is -0.138. The molecule has 13 nitrogen and oxygen atoms in total. The van der Waals surface area contributed by atoms with Crippen molar-refractivity contribution in [1.29, 1.82) is 0 Å². The summed E-state index contributed by atoms with van der Waals surface area (Å²) in [7, 11) is -3.45. The molecule has 5 heterocycles. The third-order valence-corrected chi connectivity index (χ3v) is 11.5. The molecule has 3 aliphatic heterocycles. The number of sulfonamides is 1. The normalized spacial score (nSPS) is 20.8. The molecule has 2 amide bonds. The molecule has 3 fully saturated rings. The van der Waals surface area contributed by atoms with E-state index in [0.29, 0.717) is 50.5 Å². The van der Waals surface area contributed by atoms with E-state index in [9.17, 15) is 31.2 Å². The number of nitrogens with zero attached hydrogens (tertiary/aromatic N) is 7. The Morgan fingerprint density at radius 2 is 1.71 bits per heavy atom. The molecule has 48 heavy (non-hydrogen) atoms. The van der Waals surface area contributed by atoms with Crippen LogP contribution in [0, 0.1) is 6.92 Å². The largest absolute Gasteiger partial charge is 0.419 e. The molecule has 6 rings (SSSR count). The topological polar surface area (TPSA) is 146 Å². The maximum Gasteiger partial charge on any atom is 0.419 e. The average Bonchev–Trinajstić information content (AvgIpc) is 3.35. The summed E-state index contributed by atoms with van der Waals surface area (Å²) in [5.74, 6) is -0.546. The van der Waals surface area contributed by atoms with Gasteiger partial charge in [-0.05, 0) is 56.8 Å². The first-order chi connectivity index (χ1) is 22.8. The van der Waals surface area contributed by atoms with Crippen LogP contribution < -0.4 is 15.5 Å². The van der Waals surface area contributed by atoms with Gasteiger partial charge in [0.1, 0.15) is 6.04 Å². The number of imide groups is 1. The van der Waals surface area contributed by atoms with E-state index in [4.69, 9.17) is 11.6 Å². The van der Waals surface area contributed by atoms with Gasteiger partial charge in [-0.2, -0.15) is 18.3 Å². The summed E-state index contributed by atoms with van der Waals surface area (Å²) >= 11 is 6.52. The van der Waals surface area contributed by atoms with Crippen molar-refractivity contribution in [2.24, 2.45) is 0 Å². The Balaban J connectivity index is 0.962. The predicted molar refractivity (Wildman–Crippen MR) is 173 cm³/mol. The summed E-state index contributed by atoms with van der Waals surface area (Å²) in [6.45, 7) is 6.33. The first-order valence-electron chi connectivity index (χ1n) is 15.9. The molecule has 2 aromatic heterocycles. The number of carbonyl (C=O) groups is 2. The second-order valence-electron chi connectivity index (χ2n) is 12.5. The molecule has 0 aliphatic carbocycles. The zero-order chi connectivity index (χ0) is 34.2. The second-order valence-corrected chi connectivity index (χ2v) is 14.9. The molecule has 0 saturated carbocycles. The fourth-order valence-electron chi connectivity index (χ4n) is 6.55. The first kappa shape index (κ1) is 34.3. The number of anilines is 2. The van der Waals surface area contributed by atoms with Crippen LogP contribution in [0.5, 0.6) is 0 Å². The smallest absolute Gasteiger partial charge is 0.369 e. The monoisotopic (exact) mass is 711 g/mol. The van der Waals surface area contributed by atoms with Crippen LogP contribution in [0.25, 0.3) is 10.9 Å². The van der Waals surface area contributed by atoms with Gasteiger partial charge in [-0.25, -0.2) is 22.7 Å². The van der Waals surface area contributed by atoms with Crippen LogP contribution in [0.3, 0.4) is 0 Å². The number of rotatable bonds is 9. The summed E-state index contributed by atoms with van der Waals surface area (Å²) in [4.78, 5) is 36.1. The first-order valence-corrected chi connectivity index (χ1v) is 17.9. The molecule has 3 aromatic rings. The van der Waals surface area contributed by atoms with Crippen molar-refractivity contribution in [2.45, 2.75) is 57.3 Å². The number of alkyl halides is 3. The number of aromatic nitrogens is 4. The molecular formula is C30H37ClF3N9O4S. The Labute approximate surface area is 280 Å². The number of aryl methyl sites for hydroxylation is 1. The number of fused-ring (bicyclic) bond motifs is 1. The molecule has 2 N–H and O–H groups in total. The number of piperazine rings is 1. The Bertz CT molecular complexity index is 1770. The SMILES string of the molecule is Cc1cc2c(cc1N1CCN(CCCS(=O)(=O)N3CCC(Nc4ncc(C(F)(F)F)cn4)CC3)CC1)c(Cl)nn2C1CCC(=O)NC1=O. The van der Waals surface area contributed by atoms with Crippen LogP contribution in [0.15, 0.2) is 24.5 Å². The maximum absolute atomic E-state index is 13.1. The van der Waals surface area contributed by atoms with Crippen LogP contribution in [0.1, 0.15) is 49.3 Å². The van der Waals surface area contributed by atoms with Crippen molar-refractivity contribution in [2.75, 3.05) is 61.8 Å². The summed E-state index contributed by atoms with van der Waals surface area (Å²) in [6.07, 6.45) is -0.942. The highest BCUT2D eigenvalue weighted by Gasteiger charge is 2.33. The Kier molecular flexibility index (Phi) is 9.84. The zero-order valence-corrected chi connectivity index (χ0v) is 27.9. The number of hydrogen-bond acceptors (Lipinski definition) is 10. The molecule has 18 heteroatoms. The van der Waals surface area contributed by atoms with Crippen molar-refractivity contribution < 1.29 is 31.2 Å². The molecule has 260 valence electrons. The second kappa shape index (κ2) is 13.8. The van der Waals surface area contributed by atoms with E-state index >= 15 is 0 Å². The van der Waals surface area contributed by atoms with Crippen molar-refractivity contribution in [3.8, 4) is 0 Å².